The van der Waals surface area contributed by atoms with E-state index in [1.54, 1.807) is 30.1 Å². The second kappa shape index (κ2) is 9.08. The SMILES string of the molecule is CN1CCCCN(C(=O)c2n[nH]c3c2CCCC3)CCOc2ccc(Cl)cc2C1=O. The van der Waals surface area contributed by atoms with Crippen molar-refractivity contribution in [2.24, 2.45) is 0 Å². The lowest BCUT2D eigenvalue weighted by molar-refractivity contribution is 0.0698. The Kier molecular flexibility index (Phi) is 6.27. The number of rotatable bonds is 1. The minimum Gasteiger partial charge on any atom is -0.491 e. The quantitative estimate of drug-likeness (QED) is 0.752. The molecule has 8 heteroatoms. The molecule has 1 aliphatic heterocycles. The number of H-pyrrole nitrogens is 1. The summed E-state index contributed by atoms with van der Waals surface area (Å²) in [4.78, 5) is 29.5. The first-order valence-corrected chi connectivity index (χ1v) is 11.0. The van der Waals surface area contributed by atoms with Gasteiger partial charge in [-0.05, 0) is 56.7 Å². The van der Waals surface area contributed by atoms with Crippen LogP contribution in [0.5, 0.6) is 5.75 Å². The van der Waals surface area contributed by atoms with Gasteiger partial charge in [-0.25, -0.2) is 0 Å². The summed E-state index contributed by atoms with van der Waals surface area (Å²) in [6, 6.07) is 5.06. The highest BCUT2D eigenvalue weighted by atomic mass is 35.5. The van der Waals surface area contributed by atoms with Gasteiger partial charge in [-0.1, -0.05) is 11.6 Å². The Labute approximate surface area is 181 Å². The van der Waals surface area contributed by atoms with Crippen molar-refractivity contribution >= 4 is 23.4 Å². The fourth-order valence-electron chi connectivity index (χ4n) is 4.14. The van der Waals surface area contributed by atoms with Crippen LogP contribution in [0.4, 0.5) is 0 Å². The predicted molar refractivity (Wildman–Crippen MR) is 114 cm³/mol. The highest BCUT2D eigenvalue weighted by Gasteiger charge is 2.26. The van der Waals surface area contributed by atoms with Gasteiger partial charge in [0.15, 0.2) is 5.69 Å². The normalized spacial score (nSPS) is 18.0. The summed E-state index contributed by atoms with van der Waals surface area (Å²) >= 11 is 6.11. The molecule has 0 atom stereocenters. The number of aromatic amines is 1. The van der Waals surface area contributed by atoms with E-state index in [1.807, 2.05) is 4.90 Å². The molecule has 1 aromatic carbocycles. The van der Waals surface area contributed by atoms with Crippen LogP contribution in [0.15, 0.2) is 18.2 Å². The summed E-state index contributed by atoms with van der Waals surface area (Å²) in [6.07, 6.45) is 5.70. The average molecular weight is 431 g/mol. The van der Waals surface area contributed by atoms with Crippen LogP contribution in [-0.4, -0.2) is 65.1 Å². The van der Waals surface area contributed by atoms with Crippen LogP contribution in [0.25, 0.3) is 0 Å². The molecule has 0 fully saturated rings. The lowest BCUT2D eigenvalue weighted by Gasteiger charge is -2.26. The van der Waals surface area contributed by atoms with Crippen molar-refractivity contribution in [2.45, 2.75) is 38.5 Å². The van der Waals surface area contributed by atoms with E-state index in [9.17, 15) is 9.59 Å². The number of halogens is 1. The smallest absolute Gasteiger partial charge is 0.274 e. The molecule has 1 aliphatic carbocycles. The van der Waals surface area contributed by atoms with Crippen LogP contribution >= 0.6 is 11.6 Å². The molecule has 0 bridgehead atoms. The summed E-state index contributed by atoms with van der Waals surface area (Å²) in [5, 5.41) is 7.90. The van der Waals surface area contributed by atoms with E-state index in [4.69, 9.17) is 16.3 Å². The van der Waals surface area contributed by atoms with Crippen molar-refractivity contribution in [2.75, 3.05) is 33.3 Å². The second-order valence-corrected chi connectivity index (χ2v) is 8.39. The molecule has 1 N–H and O–H groups in total. The molecule has 1 aromatic heterocycles. The van der Waals surface area contributed by atoms with Crippen LogP contribution in [0.1, 0.15) is 57.8 Å². The standard InChI is InChI=1S/C22H27ClN4O3/c1-26-10-4-5-11-27(22(29)20-16-6-2-3-7-18(16)24-25-20)12-13-30-19-9-8-15(23)14-17(19)21(26)28/h8-9,14H,2-7,10-13H2,1H3,(H,24,25). The third kappa shape index (κ3) is 4.31. The fourth-order valence-corrected chi connectivity index (χ4v) is 4.31. The van der Waals surface area contributed by atoms with Crippen molar-refractivity contribution in [1.82, 2.24) is 20.0 Å². The van der Waals surface area contributed by atoms with Crippen LogP contribution in [-0.2, 0) is 12.8 Å². The monoisotopic (exact) mass is 430 g/mol. The van der Waals surface area contributed by atoms with Crippen molar-refractivity contribution in [3.05, 3.63) is 45.7 Å². The molecule has 2 aromatic rings. The van der Waals surface area contributed by atoms with Gasteiger partial charge < -0.3 is 14.5 Å². The molecule has 0 unspecified atom stereocenters. The second-order valence-electron chi connectivity index (χ2n) is 7.95. The number of carbonyl (C=O) groups excluding carboxylic acids is 2. The lowest BCUT2D eigenvalue weighted by Crippen LogP contribution is -2.37. The van der Waals surface area contributed by atoms with E-state index >= 15 is 0 Å². The number of aryl methyl sites for hydroxylation is 1. The lowest BCUT2D eigenvalue weighted by atomic mass is 9.95. The molecule has 0 radical (unpaired) electrons. The van der Waals surface area contributed by atoms with E-state index in [1.165, 1.54) is 0 Å². The summed E-state index contributed by atoms with van der Waals surface area (Å²) in [5.74, 6) is 0.335. The first-order chi connectivity index (χ1) is 14.5. The Morgan fingerprint density at radius 3 is 2.80 bits per heavy atom. The summed E-state index contributed by atoms with van der Waals surface area (Å²) in [6.45, 7) is 1.94. The minimum absolute atomic E-state index is 0.0455. The zero-order valence-electron chi connectivity index (χ0n) is 17.2. The van der Waals surface area contributed by atoms with Gasteiger partial charge in [-0.15, -0.1) is 0 Å². The van der Waals surface area contributed by atoms with Gasteiger partial charge >= 0.3 is 0 Å². The third-order valence-electron chi connectivity index (χ3n) is 5.86. The summed E-state index contributed by atoms with van der Waals surface area (Å²) in [5.41, 5.74) is 3.17. The summed E-state index contributed by atoms with van der Waals surface area (Å²) < 4.78 is 5.92. The maximum absolute atomic E-state index is 13.3. The number of fused-ring (bicyclic) bond motifs is 2. The number of aromatic nitrogens is 2. The molecule has 160 valence electrons. The largest absolute Gasteiger partial charge is 0.491 e. The Morgan fingerprint density at radius 1 is 1.13 bits per heavy atom. The third-order valence-corrected chi connectivity index (χ3v) is 6.09. The molecule has 4 rings (SSSR count). The van der Waals surface area contributed by atoms with Crippen LogP contribution in [0.2, 0.25) is 5.02 Å². The Morgan fingerprint density at radius 2 is 1.93 bits per heavy atom. The van der Waals surface area contributed by atoms with Gasteiger partial charge in [0.1, 0.15) is 12.4 Å². The van der Waals surface area contributed by atoms with Gasteiger partial charge in [0, 0.05) is 36.4 Å². The Bertz CT molecular complexity index is 942. The van der Waals surface area contributed by atoms with Gasteiger partial charge in [0.25, 0.3) is 11.8 Å². The van der Waals surface area contributed by atoms with Gasteiger partial charge in [0.2, 0.25) is 0 Å². The van der Waals surface area contributed by atoms with Gasteiger partial charge in [0.05, 0.1) is 12.1 Å². The molecule has 30 heavy (non-hydrogen) atoms. The van der Waals surface area contributed by atoms with Gasteiger partial charge in [-0.2, -0.15) is 5.10 Å². The van der Waals surface area contributed by atoms with E-state index in [-0.39, 0.29) is 11.8 Å². The molecule has 0 saturated heterocycles. The minimum atomic E-state index is -0.107. The van der Waals surface area contributed by atoms with Crippen molar-refractivity contribution in [3.63, 3.8) is 0 Å². The molecule has 2 amide bonds. The molecule has 2 aliphatic rings. The van der Waals surface area contributed by atoms with Gasteiger partial charge in [-0.3, -0.25) is 14.7 Å². The molecule has 7 nitrogen and oxygen atoms in total. The number of ether oxygens (including phenoxy) is 1. The molecule has 0 spiro atoms. The van der Waals surface area contributed by atoms with Crippen LogP contribution < -0.4 is 4.74 Å². The van der Waals surface area contributed by atoms with Crippen molar-refractivity contribution in [1.29, 1.82) is 0 Å². The highest BCUT2D eigenvalue weighted by Crippen LogP contribution is 2.26. The molecule has 0 saturated carbocycles. The maximum Gasteiger partial charge on any atom is 0.274 e. The Hall–Kier alpha value is -2.54. The number of benzene rings is 1. The van der Waals surface area contributed by atoms with E-state index in [0.717, 1.165) is 49.8 Å². The zero-order valence-corrected chi connectivity index (χ0v) is 18.0. The average Bonchev–Trinajstić information content (AvgIpc) is 3.18. The highest BCUT2D eigenvalue weighted by molar-refractivity contribution is 6.31. The number of hydrogen-bond donors (Lipinski definition) is 1. The van der Waals surface area contributed by atoms with E-state index in [0.29, 0.717) is 48.3 Å². The number of nitrogens with zero attached hydrogens (tertiary/aromatic N) is 3. The summed E-state index contributed by atoms with van der Waals surface area (Å²) in [7, 11) is 1.78. The predicted octanol–water partition coefficient (Wildman–Crippen LogP) is 3.33. The molecular formula is C22H27ClN4O3. The maximum atomic E-state index is 13.3. The number of amides is 2. The number of hydrogen-bond acceptors (Lipinski definition) is 4. The zero-order chi connectivity index (χ0) is 21.1. The van der Waals surface area contributed by atoms with Crippen molar-refractivity contribution < 1.29 is 14.3 Å². The first-order valence-electron chi connectivity index (χ1n) is 10.6. The topological polar surface area (TPSA) is 78.5 Å². The van der Waals surface area contributed by atoms with E-state index in [2.05, 4.69) is 10.2 Å². The molecular weight excluding hydrogens is 404 g/mol. The van der Waals surface area contributed by atoms with Crippen LogP contribution in [0.3, 0.4) is 0 Å². The number of carbonyl (C=O) groups is 2. The first kappa shape index (κ1) is 20.7. The number of nitrogens with one attached hydrogen (secondary N) is 1. The Balaban J connectivity index is 1.54. The fraction of sp³-hybridized carbons (Fsp3) is 0.500. The van der Waals surface area contributed by atoms with Crippen LogP contribution in [0, 0.1) is 0 Å². The van der Waals surface area contributed by atoms with E-state index < -0.39 is 0 Å². The molecule has 2 heterocycles. The van der Waals surface area contributed by atoms with Crippen molar-refractivity contribution in [3.8, 4) is 5.75 Å².